The van der Waals surface area contributed by atoms with Gasteiger partial charge >= 0.3 is 6.03 Å². The fraction of sp³-hybridized carbons (Fsp3) is 0. The number of amides is 3. The topological polar surface area (TPSA) is 71.1 Å². The van der Waals surface area contributed by atoms with Crippen LogP contribution in [0, 0.1) is 0 Å². The van der Waals surface area contributed by atoms with Crippen molar-refractivity contribution < 1.29 is 9.59 Å². The summed E-state index contributed by atoms with van der Waals surface area (Å²) in [6.07, 6.45) is 1.64. The minimum atomic E-state index is -0.731. The van der Waals surface area contributed by atoms with E-state index < -0.39 is 11.9 Å². The highest BCUT2D eigenvalue weighted by molar-refractivity contribution is 6.40. The molecule has 0 bridgehead atoms. The van der Waals surface area contributed by atoms with E-state index in [1.807, 2.05) is 36.4 Å². The van der Waals surface area contributed by atoms with Crippen LogP contribution in [-0.4, -0.2) is 16.9 Å². The van der Waals surface area contributed by atoms with Crippen LogP contribution >= 0.6 is 23.2 Å². The number of aromatic nitrogens is 1. The summed E-state index contributed by atoms with van der Waals surface area (Å²) in [5, 5.41) is 4.99. The van der Waals surface area contributed by atoms with Gasteiger partial charge in [-0.05, 0) is 29.8 Å². The lowest BCUT2D eigenvalue weighted by Crippen LogP contribution is -2.34. The Hall–Kier alpha value is -2.89. The first-order valence-electron chi connectivity index (χ1n) is 7.62. The summed E-state index contributed by atoms with van der Waals surface area (Å²) < 4.78 is 0. The lowest BCUT2D eigenvalue weighted by molar-refractivity contribution is 0.0967. The van der Waals surface area contributed by atoms with Gasteiger partial charge in [-0.15, -0.1) is 0 Å². The van der Waals surface area contributed by atoms with Gasteiger partial charge in [0, 0.05) is 11.8 Å². The molecule has 0 saturated carbocycles. The second-order valence-corrected chi connectivity index (χ2v) is 6.12. The van der Waals surface area contributed by atoms with E-state index in [9.17, 15) is 9.59 Å². The number of carbonyl (C=O) groups excluding carboxylic acids is 2. The Balaban J connectivity index is 1.66. The Morgan fingerprint density at radius 2 is 1.50 bits per heavy atom. The number of anilines is 1. The SMILES string of the molecule is O=C(NC(=O)c1c(Cl)cccc1Cl)Nc1ccc(-c2ccccc2)cn1. The zero-order valence-corrected chi connectivity index (χ0v) is 14.9. The van der Waals surface area contributed by atoms with E-state index in [2.05, 4.69) is 15.6 Å². The maximum absolute atomic E-state index is 12.2. The van der Waals surface area contributed by atoms with Crippen molar-refractivity contribution in [3.8, 4) is 11.1 Å². The largest absolute Gasteiger partial charge is 0.327 e. The maximum Gasteiger partial charge on any atom is 0.327 e. The van der Waals surface area contributed by atoms with Gasteiger partial charge < -0.3 is 0 Å². The number of carbonyl (C=O) groups is 2. The van der Waals surface area contributed by atoms with E-state index >= 15 is 0 Å². The van der Waals surface area contributed by atoms with Gasteiger partial charge in [0.2, 0.25) is 0 Å². The minimum absolute atomic E-state index is 0.0402. The Kier molecular flexibility index (Phi) is 5.51. The second-order valence-electron chi connectivity index (χ2n) is 5.30. The first kappa shape index (κ1) is 17.9. The molecule has 0 atom stereocenters. The van der Waals surface area contributed by atoms with Crippen LogP contribution < -0.4 is 10.6 Å². The highest BCUT2D eigenvalue weighted by Gasteiger charge is 2.17. The molecule has 0 radical (unpaired) electrons. The molecule has 3 aromatic rings. The molecule has 1 heterocycles. The van der Waals surface area contributed by atoms with E-state index in [1.165, 1.54) is 12.1 Å². The molecule has 5 nitrogen and oxygen atoms in total. The number of hydrogen-bond donors (Lipinski definition) is 2. The van der Waals surface area contributed by atoms with Gasteiger partial charge in [0.15, 0.2) is 0 Å². The summed E-state index contributed by atoms with van der Waals surface area (Å²) in [5.41, 5.74) is 1.97. The first-order chi connectivity index (χ1) is 12.5. The third-order valence-corrected chi connectivity index (χ3v) is 4.16. The van der Waals surface area contributed by atoms with Crippen molar-refractivity contribution in [3.63, 3.8) is 0 Å². The summed E-state index contributed by atoms with van der Waals surface area (Å²) in [6, 6.07) is 17.1. The summed E-state index contributed by atoms with van der Waals surface area (Å²) >= 11 is 11.9. The molecule has 0 fully saturated rings. The highest BCUT2D eigenvalue weighted by Crippen LogP contribution is 2.24. The van der Waals surface area contributed by atoms with Crippen molar-refractivity contribution in [1.82, 2.24) is 10.3 Å². The first-order valence-corrected chi connectivity index (χ1v) is 8.38. The molecule has 2 aromatic carbocycles. The Labute approximate surface area is 160 Å². The monoisotopic (exact) mass is 385 g/mol. The fourth-order valence-corrected chi connectivity index (χ4v) is 2.87. The Morgan fingerprint density at radius 3 is 2.12 bits per heavy atom. The quantitative estimate of drug-likeness (QED) is 0.664. The number of pyridine rings is 1. The number of imide groups is 1. The molecule has 130 valence electrons. The van der Waals surface area contributed by atoms with E-state index in [-0.39, 0.29) is 15.6 Å². The number of halogens is 2. The normalized spacial score (nSPS) is 10.2. The van der Waals surface area contributed by atoms with Crippen LogP contribution in [0.5, 0.6) is 0 Å². The molecular formula is C19H13Cl2N3O2. The molecule has 0 aliphatic heterocycles. The molecule has 0 aliphatic carbocycles. The number of rotatable bonds is 3. The molecule has 3 amide bonds. The van der Waals surface area contributed by atoms with Crippen LogP contribution in [0.25, 0.3) is 11.1 Å². The molecule has 0 saturated heterocycles. The molecule has 7 heteroatoms. The second kappa shape index (κ2) is 7.99. The van der Waals surface area contributed by atoms with Gasteiger partial charge in [-0.1, -0.05) is 59.6 Å². The minimum Gasteiger partial charge on any atom is -0.292 e. The van der Waals surface area contributed by atoms with Crippen molar-refractivity contribution in [2.75, 3.05) is 5.32 Å². The van der Waals surface area contributed by atoms with Gasteiger partial charge in [0.05, 0.1) is 15.6 Å². The Morgan fingerprint density at radius 1 is 0.808 bits per heavy atom. The van der Waals surface area contributed by atoms with E-state index in [0.717, 1.165) is 11.1 Å². The highest BCUT2D eigenvalue weighted by atomic mass is 35.5. The van der Waals surface area contributed by atoms with E-state index in [0.29, 0.717) is 5.82 Å². The van der Waals surface area contributed by atoms with Crippen molar-refractivity contribution >= 4 is 41.0 Å². The van der Waals surface area contributed by atoms with Crippen molar-refractivity contribution in [2.45, 2.75) is 0 Å². The molecule has 2 N–H and O–H groups in total. The molecular weight excluding hydrogens is 373 g/mol. The molecule has 0 unspecified atom stereocenters. The van der Waals surface area contributed by atoms with Gasteiger partial charge in [0.25, 0.3) is 5.91 Å². The number of urea groups is 1. The van der Waals surface area contributed by atoms with Crippen molar-refractivity contribution in [3.05, 3.63) is 82.5 Å². The zero-order chi connectivity index (χ0) is 18.5. The summed E-state index contributed by atoms with van der Waals surface area (Å²) in [4.78, 5) is 28.3. The van der Waals surface area contributed by atoms with Crippen LogP contribution in [0.15, 0.2) is 66.9 Å². The van der Waals surface area contributed by atoms with Crippen LogP contribution in [0.4, 0.5) is 10.6 Å². The molecule has 1 aromatic heterocycles. The number of nitrogens with one attached hydrogen (secondary N) is 2. The van der Waals surface area contributed by atoms with Gasteiger partial charge in [-0.25, -0.2) is 9.78 Å². The van der Waals surface area contributed by atoms with Crippen LogP contribution in [0.3, 0.4) is 0 Å². The average molecular weight is 386 g/mol. The standard InChI is InChI=1S/C19H13Cl2N3O2/c20-14-7-4-8-15(21)17(14)18(25)24-19(26)23-16-10-9-13(11-22-16)12-5-2-1-3-6-12/h1-11H,(H2,22,23,24,25,26). The molecule has 0 spiro atoms. The van der Waals surface area contributed by atoms with E-state index in [1.54, 1.807) is 18.3 Å². The van der Waals surface area contributed by atoms with Gasteiger partial charge in [0.1, 0.15) is 5.82 Å². The zero-order valence-electron chi connectivity index (χ0n) is 13.4. The molecule has 26 heavy (non-hydrogen) atoms. The van der Waals surface area contributed by atoms with Crippen LogP contribution in [0.2, 0.25) is 10.0 Å². The lowest BCUT2D eigenvalue weighted by Gasteiger charge is -2.09. The lowest BCUT2D eigenvalue weighted by atomic mass is 10.1. The third-order valence-electron chi connectivity index (χ3n) is 3.53. The Bertz CT molecular complexity index is 925. The predicted octanol–water partition coefficient (Wildman–Crippen LogP) is 5.02. The molecule has 3 rings (SSSR count). The smallest absolute Gasteiger partial charge is 0.292 e. The van der Waals surface area contributed by atoms with Crippen molar-refractivity contribution in [1.29, 1.82) is 0 Å². The van der Waals surface area contributed by atoms with E-state index in [4.69, 9.17) is 23.2 Å². The number of benzene rings is 2. The fourth-order valence-electron chi connectivity index (χ4n) is 2.30. The summed E-state index contributed by atoms with van der Waals surface area (Å²) in [7, 11) is 0. The number of nitrogens with zero attached hydrogens (tertiary/aromatic N) is 1. The van der Waals surface area contributed by atoms with Crippen molar-refractivity contribution in [2.24, 2.45) is 0 Å². The summed E-state index contributed by atoms with van der Waals surface area (Å²) in [5.74, 6) is -0.390. The number of hydrogen-bond acceptors (Lipinski definition) is 3. The predicted molar refractivity (Wildman–Crippen MR) is 103 cm³/mol. The molecule has 0 aliphatic rings. The van der Waals surface area contributed by atoms with Crippen LogP contribution in [-0.2, 0) is 0 Å². The summed E-state index contributed by atoms with van der Waals surface area (Å²) in [6.45, 7) is 0. The average Bonchev–Trinajstić information content (AvgIpc) is 2.63. The van der Waals surface area contributed by atoms with Gasteiger partial charge in [-0.2, -0.15) is 0 Å². The maximum atomic E-state index is 12.2. The third kappa shape index (κ3) is 4.20. The van der Waals surface area contributed by atoms with Gasteiger partial charge in [-0.3, -0.25) is 15.4 Å². The van der Waals surface area contributed by atoms with Crippen LogP contribution in [0.1, 0.15) is 10.4 Å².